The summed E-state index contributed by atoms with van der Waals surface area (Å²) >= 11 is 0. The van der Waals surface area contributed by atoms with Gasteiger partial charge in [0, 0.05) is 11.8 Å². The molecule has 6 heteroatoms. The Labute approximate surface area is 143 Å². The normalized spacial score (nSPS) is 10.5. The van der Waals surface area contributed by atoms with Gasteiger partial charge in [0.25, 0.3) is 5.91 Å². The molecule has 3 rings (SSSR count). The lowest BCUT2D eigenvalue weighted by molar-refractivity contribution is 0.0600. The average molecular weight is 337 g/mol. The summed E-state index contributed by atoms with van der Waals surface area (Å²) in [6, 6.07) is 12.5. The summed E-state index contributed by atoms with van der Waals surface area (Å²) in [4.78, 5) is 35.9. The molecule has 0 atom stereocenters. The predicted molar refractivity (Wildman–Crippen MR) is 93.0 cm³/mol. The monoisotopic (exact) mass is 337 g/mol. The summed E-state index contributed by atoms with van der Waals surface area (Å²) in [5.74, 6) is -1.10. The van der Waals surface area contributed by atoms with Crippen molar-refractivity contribution in [3.05, 3.63) is 75.6 Å². The van der Waals surface area contributed by atoms with Crippen LogP contribution in [0.4, 0.5) is 5.69 Å². The van der Waals surface area contributed by atoms with Gasteiger partial charge >= 0.3 is 5.97 Å². The summed E-state index contributed by atoms with van der Waals surface area (Å²) in [6.07, 6.45) is 0. The molecule has 0 radical (unpaired) electrons. The molecule has 2 aromatic carbocycles. The lowest BCUT2D eigenvalue weighted by atomic mass is 10.1. The van der Waals surface area contributed by atoms with Crippen molar-refractivity contribution in [2.45, 2.75) is 6.92 Å². The highest BCUT2D eigenvalue weighted by molar-refractivity contribution is 6.03. The summed E-state index contributed by atoms with van der Waals surface area (Å²) in [5, 5.41) is 3.05. The molecule has 126 valence electrons. The molecule has 1 N–H and O–H groups in total. The molecule has 3 aromatic rings. The minimum atomic E-state index is -0.551. The fraction of sp³-hybridized carbons (Fsp3) is 0.105. The zero-order valence-corrected chi connectivity index (χ0v) is 13.7. The number of carbonyl (C=O) groups is 2. The van der Waals surface area contributed by atoms with E-state index in [0.29, 0.717) is 22.2 Å². The van der Waals surface area contributed by atoms with Crippen LogP contribution < -0.4 is 10.7 Å². The van der Waals surface area contributed by atoms with Gasteiger partial charge in [-0.05, 0) is 43.3 Å². The summed E-state index contributed by atoms with van der Waals surface area (Å²) in [6.45, 7) is 1.87. The standard InChI is InChI=1S/C19H15NO5/c1-11-3-8-16-14(9-11)15(21)10-17(25-16)18(22)20-13-6-4-12(5-7-13)19(23)24-2/h3-10H,1-2H3,(H,20,22). The van der Waals surface area contributed by atoms with Crippen molar-refractivity contribution in [3.8, 4) is 0 Å². The van der Waals surface area contributed by atoms with E-state index in [2.05, 4.69) is 10.1 Å². The first-order valence-electron chi connectivity index (χ1n) is 7.52. The third-order valence-electron chi connectivity index (χ3n) is 3.67. The van der Waals surface area contributed by atoms with E-state index < -0.39 is 11.9 Å². The van der Waals surface area contributed by atoms with Crippen LogP contribution >= 0.6 is 0 Å². The van der Waals surface area contributed by atoms with E-state index in [1.54, 1.807) is 30.3 Å². The number of rotatable bonds is 3. The van der Waals surface area contributed by atoms with Gasteiger partial charge in [0.05, 0.1) is 18.1 Å². The molecule has 6 nitrogen and oxygen atoms in total. The van der Waals surface area contributed by atoms with E-state index in [4.69, 9.17) is 4.42 Å². The predicted octanol–water partition coefficient (Wildman–Crippen LogP) is 3.14. The highest BCUT2D eigenvalue weighted by atomic mass is 16.5. The Hall–Kier alpha value is -3.41. The van der Waals surface area contributed by atoms with E-state index in [0.717, 1.165) is 5.56 Å². The second-order valence-corrected chi connectivity index (χ2v) is 5.50. The minimum absolute atomic E-state index is 0.0848. The van der Waals surface area contributed by atoms with Crippen molar-refractivity contribution in [3.63, 3.8) is 0 Å². The highest BCUT2D eigenvalue weighted by Crippen LogP contribution is 2.16. The number of anilines is 1. The lowest BCUT2D eigenvalue weighted by Gasteiger charge is -2.06. The van der Waals surface area contributed by atoms with Gasteiger partial charge in [0.15, 0.2) is 11.2 Å². The largest absolute Gasteiger partial charge is 0.465 e. The number of methoxy groups -OCH3 is 1. The summed E-state index contributed by atoms with van der Waals surface area (Å²) < 4.78 is 10.1. The van der Waals surface area contributed by atoms with E-state index in [9.17, 15) is 14.4 Å². The quantitative estimate of drug-likeness (QED) is 0.742. The molecule has 0 spiro atoms. The maximum absolute atomic E-state index is 12.3. The number of aryl methyl sites for hydroxylation is 1. The van der Waals surface area contributed by atoms with Crippen LogP contribution in [-0.2, 0) is 4.74 Å². The number of benzene rings is 2. The van der Waals surface area contributed by atoms with E-state index in [-0.39, 0.29) is 11.2 Å². The first-order chi connectivity index (χ1) is 12.0. The smallest absolute Gasteiger partial charge is 0.337 e. The van der Waals surface area contributed by atoms with Gasteiger partial charge in [0.1, 0.15) is 5.58 Å². The van der Waals surface area contributed by atoms with Crippen LogP contribution in [0.25, 0.3) is 11.0 Å². The van der Waals surface area contributed by atoms with Crippen molar-refractivity contribution in [1.82, 2.24) is 0 Å². The second-order valence-electron chi connectivity index (χ2n) is 5.50. The number of ether oxygens (including phenoxy) is 1. The molecule has 0 saturated heterocycles. The molecule has 0 aliphatic rings. The van der Waals surface area contributed by atoms with Gasteiger partial charge in [-0.2, -0.15) is 0 Å². The Bertz CT molecular complexity index is 1020. The third-order valence-corrected chi connectivity index (χ3v) is 3.67. The first kappa shape index (κ1) is 16.4. The van der Waals surface area contributed by atoms with Crippen LogP contribution in [0.1, 0.15) is 26.5 Å². The Morgan fingerprint density at radius 2 is 1.76 bits per heavy atom. The molecule has 0 fully saturated rings. The molecule has 0 aliphatic heterocycles. The van der Waals surface area contributed by atoms with Gasteiger partial charge in [-0.15, -0.1) is 0 Å². The molecule has 1 heterocycles. The Balaban J connectivity index is 1.86. The molecule has 0 bridgehead atoms. The van der Waals surface area contributed by atoms with E-state index in [1.165, 1.54) is 25.3 Å². The number of esters is 1. The van der Waals surface area contributed by atoms with Gasteiger partial charge < -0.3 is 14.5 Å². The van der Waals surface area contributed by atoms with E-state index >= 15 is 0 Å². The van der Waals surface area contributed by atoms with Crippen LogP contribution in [0.15, 0.2) is 57.7 Å². The molecule has 0 saturated carbocycles. The SMILES string of the molecule is COC(=O)c1ccc(NC(=O)c2cc(=O)c3cc(C)ccc3o2)cc1. The Morgan fingerprint density at radius 3 is 2.44 bits per heavy atom. The number of hydrogen-bond donors (Lipinski definition) is 1. The molecule has 25 heavy (non-hydrogen) atoms. The van der Waals surface area contributed by atoms with Crippen molar-refractivity contribution in [2.75, 3.05) is 12.4 Å². The number of hydrogen-bond acceptors (Lipinski definition) is 5. The van der Waals surface area contributed by atoms with Gasteiger partial charge in [0.2, 0.25) is 0 Å². The molecular weight excluding hydrogens is 322 g/mol. The average Bonchev–Trinajstić information content (AvgIpc) is 2.62. The first-order valence-corrected chi connectivity index (χ1v) is 7.52. The van der Waals surface area contributed by atoms with Crippen molar-refractivity contribution >= 4 is 28.5 Å². The fourth-order valence-corrected chi connectivity index (χ4v) is 2.38. The summed E-state index contributed by atoms with van der Waals surface area (Å²) in [5.41, 5.74) is 1.83. The molecule has 1 amide bonds. The van der Waals surface area contributed by atoms with Crippen molar-refractivity contribution in [2.24, 2.45) is 0 Å². The van der Waals surface area contributed by atoms with Crippen LogP contribution in [0.3, 0.4) is 0 Å². The Morgan fingerprint density at radius 1 is 1.04 bits per heavy atom. The Kier molecular flexibility index (Phi) is 4.35. The van der Waals surface area contributed by atoms with Crippen LogP contribution in [-0.4, -0.2) is 19.0 Å². The third kappa shape index (κ3) is 3.42. The maximum atomic E-state index is 12.3. The van der Waals surface area contributed by atoms with Gasteiger partial charge in [-0.3, -0.25) is 9.59 Å². The number of carbonyl (C=O) groups excluding carboxylic acids is 2. The topological polar surface area (TPSA) is 85.6 Å². The molecule has 1 aromatic heterocycles. The number of amides is 1. The minimum Gasteiger partial charge on any atom is -0.465 e. The zero-order chi connectivity index (χ0) is 18.0. The van der Waals surface area contributed by atoms with Gasteiger partial charge in [-0.25, -0.2) is 4.79 Å². The van der Waals surface area contributed by atoms with Gasteiger partial charge in [-0.1, -0.05) is 11.6 Å². The summed E-state index contributed by atoms with van der Waals surface area (Å²) in [7, 11) is 1.29. The van der Waals surface area contributed by atoms with Crippen molar-refractivity contribution in [1.29, 1.82) is 0 Å². The molecular formula is C19H15NO5. The molecule has 0 unspecified atom stereocenters. The lowest BCUT2D eigenvalue weighted by Crippen LogP contribution is -2.15. The fourth-order valence-electron chi connectivity index (χ4n) is 2.38. The van der Waals surface area contributed by atoms with Crippen LogP contribution in [0.2, 0.25) is 0 Å². The van der Waals surface area contributed by atoms with Crippen LogP contribution in [0, 0.1) is 6.92 Å². The van der Waals surface area contributed by atoms with Crippen LogP contribution in [0.5, 0.6) is 0 Å². The maximum Gasteiger partial charge on any atom is 0.337 e. The van der Waals surface area contributed by atoms with E-state index in [1.807, 2.05) is 6.92 Å². The second kappa shape index (κ2) is 6.60. The van der Waals surface area contributed by atoms with Crippen molar-refractivity contribution < 1.29 is 18.7 Å². The molecule has 0 aliphatic carbocycles. The highest BCUT2D eigenvalue weighted by Gasteiger charge is 2.13. The zero-order valence-electron chi connectivity index (χ0n) is 13.7. The number of nitrogens with one attached hydrogen (secondary N) is 1. The number of fused-ring (bicyclic) bond motifs is 1.